The fraction of sp³-hybridized carbons (Fsp3) is 0.364. The number of anilines is 1. The normalized spacial score (nSPS) is 15.6. The van der Waals surface area contributed by atoms with Crippen molar-refractivity contribution in [2.24, 2.45) is 0 Å². The maximum Gasteiger partial charge on any atom is 0.227 e. The van der Waals surface area contributed by atoms with E-state index in [1.165, 1.54) is 0 Å². The number of carbonyl (C=O) groups is 2. The molecule has 0 fully saturated rings. The van der Waals surface area contributed by atoms with Gasteiger partial charge >= 0.3 is 0 Å². The summed E-state index contributed by atoms with van der Waals surface area (Å²) in [6.45, 7) is 1.55. The van der Waals surface area contributed by atoms with Gasteiger partial charge in [-0.15, -0.1) is 0 Å². The molecule has 0 unspecified atom stereocenters. The molecule has 140 valence electrons. The van der Waals surface area contributed by atoms with E-state index in [9.17, 15) is 9.59 Å². The number of nitrogens with zero attached hydrogens (tertiary/aromatic N) is 1. The van der Waals surface area contributed by atoms with E-state index in [0.717, 1.165) is 41.2 Å². The quantitative estimate of drug-likeness (QED) is 0.757. The molecule has 0 saturated heterocycles. The van der Waals surface area contributed by atoms with Crippen molar-refractivity contribution in [2.45, 2.75) is 32.1 Å². The fourth-order valence-corrected chi connectivity index (χ4v) is 3.75. The van der Waals surface area contributed by atoms with E-state index in [-0.39, 0.29) is 11.7 Å². The summed E-state index contributed by atoms with van der Waals surface area (Å²) in [6, 6.07) is 13.3. The van der Waals surface area contributed by atoms with Gasteiger partial charge in [0.05, 0.1) is 18.8 Å². The summed E-state index contributed by atoms with van der Waals surface area (Å²) in [5.74, 6) is 1.82. The summed E-state index contributed by atoms with van der Waals surface area (Å²) in [7, 11) is 0. The number of hydrogen-bond acceptors (Lipinski definition) is 4. The number of para-hydroxylation sites is 2. The second-order valence-electron chi connectivity index (χ2n) is 6.87. The number of ketones is 1. The van der Waals surface area contributed by atoms with Crippen LogP contribution in [0.1, 0.15) is 41.6 Å². The number of benzene rings is 2. The lowest BCUT2D eigenvalue weighted by molar-refractivity contribution is -0.119. The van der Waals surface area contributed by atoms with E-state index >= 15 is 0 Å². The summed E-state index contributed by atoms with van der Waals surface area (Å²) in [4.78, 5) is 26.4. The molecule has 27 heavy (non-hydrogen) atoms. The predicted molar refractivity (Wildman–Crippen MR) is 103 cm³/mol. The largest absolute Gasteiger partial charge is 0.493 e. The van der Waals surface area contributed by atoms with Crippen LogP contribution in [0.5, 0.6) is 11.5 Å². The number of Topliss-reactive ketones (excluding diaryl/α,β-unsaturated/α-hetero) is 1. The molecular formula is C22H23NO4. The van der Waals surface area contributed by atoms with Crippen molar-refractivity contribution in [1.82, 2.24) is 0 Å². The average molecular weight is 365 g/mol. The maximum atomic E-state index is 12.6. The molecule has 1 aliphatic heterocycles. The number of hydrogen-bond donors (Lipinski definition) is 0. The molecule has 5 heteroatoms. The van der Waals surface area contributed by atoms with Gasteiger partial charge < -0.3 is 14.4 Å². The molecule has 0 N–H and O–H groups in total. The van der Waals surface area contributed by atoms with Crippen molar-refractivity contribution >= 4 is 17.4 Å². The van der Waals surface area contributed by atoms with Crippen LogP contribution >= 0.6 is 0 Å². The zero-order valence-corrected chi connectivity index (χ0v) is 15.3. The molecule has 4 rings (SSSR count). The van der Waals surface area contributed by atoms with Gasteiger partial charge in [-0.05, 0) is 37.5 Å². The van der Waals surface area contributed by atoms with E-state index in [1.54, 1.807) is 4.90 Å². The van der Waals surface area contributed by atoms with Gasteiger partial charge in [0, 0.05) is 24.0 Å². The molecule has 2 aromatic carbocycles. The third kappa shape index (κ3) is 3.68. The van der Waals surface area contributed by atoms with Gasteiger partial charge in [-0.3, -0.25) is 9.59 Å². The van der Waals surface area contributed by atoms with E-state index in [4.69, 9.17) is 9.47 Å². The Morgan fingerprint density at radius 1 is 1.11 bits per heavy atom. The minimum Gasteiger partial charge on any atom is -0.493 e. The number of rotatable bonds is 5. The summed E-state index contributed by atoms with van der Waals surface area (Å²) < 4.78 is 11.5. The van der Waals surface area contributed by atoms with E-state index in [1.807, 2.05) is 42.5 Å². The first-order valence-electron chi connectivity index (χ1n) is 9.54. The second kappa shape index (κ2) is 7.82. The van der Waals surface area contributed by atoms with Gasteiger partial charge in [-0.2, -0.15) is 0 Å². The van der Waals surface area contributed by atoms with Gasteiger partial charge in [-0.25, -0.2) is 0 Å². The Morgan fingerprint density at radius 3 is 2.93 bits per heavy atom. The van der Waals surface area contributed by atoms with Crippen LogP contribution in [0.3, 0.4) is 0 Å². The molecular weight excluding hydrogens is 342 g/mol. The first-order valence-corrected chi connectivity index (χ1v) is 9.54. The molecule has 1 amide bonds. The molecule has 2 aromatic rings. The molecule has 1 aliphatic carbocycles. The summed E-state index contributed by atoms with van der Waals surface area (Å²) in [5.41, 5.74) is 2.65. The van der Waals surface area contributed by atoms with E-state index in [2.05, 4.69) is 0 Å². The Bertz CT molecular complexity index is 861. The average Bonchev–Trinajstić information content (AvgIpc) is 2.71. The molecule has 2 aliphatic rings. The zero-order chi connectivity index (χ0) is 18.6. The van der Waals surface area contributed by atoms with Crippen molar-refractivity contribution < 1.29 is 19.1 Å². The zero-order valence-electron chi connectivity index (χ0n) is 15.3. The van der Waals surface area contributed by atoms with Crippen molar-refractivity contribution in [2.75, 3.05) is 24.7 Å². The third-order valence-corrected chi connectivity index (χ3v) is 5.09. The molecule has 1 heterocycles. The van der Waals surface area contributed by atoms with Crippen LogP contribution in [0, 0.1) is 0 Å². The highest BCUT2D eigenvalue weighted by Gasteiger charge is 2.23. The lowest BCUT2D eigenvalue weighted by Gasteiger charge is -2.29. The number of fused-ring (bicyclic) bond motifs is 2. The molecule has 0 atom stereocenters. The van der Waals surface area contributed by atoms with Gasteiger partial charge in [0.15, 0.2) is 5.78 Å². The predicted octanol–water partition coefficient (Wildman–Crippen LogP) is 3.79. The Balaban J connectivity index is 1.33. The Hall–Kier alpha value is -2.82. The van der Waals surface area contributed by atoms with Crippen LogP contribution in [0.25, 0.3) is 0 Å². The first kappa shape index (κ1) is 17.6. The maximum absolute atomic E-state index is 12.6. The first-order chi connectivity index (χ1) is 13.2. The molecule has 5 nitrogen and oxygen atoms in total. The third-order valence-electron chi connectivity index (χ3n) is 5.09. The monoisotopic (exact) mass is 365 g/mol. The molecule has 0 aromatic heterocycles. The van der Waals surface area contributed by atoms with Crippen LogP contribution < -0.4 is 14.4 Å². The fourth-order valence-electron chi connectivity index (χ4n) is 3.75. The highest BCUT2D eigenvalue weighted by molar-refractivity contribution is 5.99. The molecule has 0 saturated carbocycles. The second-order valence-corrected chi connectivity index (χ2v) is 6.87. The van der Waals surface area contributed by atoms with Crippen molar-refractivity contribution in [3.63, 3.8) is 0 Å². The van der Waals surface area contributed by atoms with Crippen molar-refractivity contribution in [3.8, 4) is 11.5 Å². The smallest absolute Gasteiger partial charge is 0.227 e. The van der Waals surface area contributed by atoms with Crippen molar-refractivity contribution in [1.29, 1.82) is 0 Å². The van der Waals surface area contributed by atoms with Crippen LogP contribution in [-0.4, -0.2) is 31.4 Å². The van der Waals surface area contributed by atoms with Crippen LogP contribution in [-0.2, 0) is 11.2 Å². The molecule has 0 radical (unpaired) electrons. The lowest BCUT2D eigenvalue weighted by Crippen LogP contribution is -2.37. The Morgan fingerprint density at radius 2 is 2.00 bits per heavy atom. The van der Waals surface area contributed by atoms with E-state index < -0.39 is 0 Å². The lowest BCUT2D eigenvalue weighted by atomic mass is 9.90. The number of ether oxygens (including phenoxy) is 2. The van der Waals surface area contributed by atoms with Crippen molar-refractivity contribution in [3.05, 3.63) is 53.6 Å². The Labute approximate surface area is 158 Å². The Kier molecular flexibility index (Phi) is 5.10. The van der Waals surface area contributed by atoms with Gasteiger partial charge in [0.25, 0.3) is 0 Å². The highest BCUT2D eigenvalue weighted by Crippen LogP contribution is 2.32. The SMILES string of the molecule is O=C1CCCc2c(OCCCC(=O)N3CCOc4ccccc43)cccc21. The highest BCUT2D eigenvalue weighted by atomic mass is 16.5. The summed E-state index contributed by atoms with van der Waals surface area (Å²) >= 11 is 0. The van der Waals surface area contributed by atoms with Gasteiger partial charge in [0.2, 0.25) is 5.91 Å². The van der Waals surface area contributed by atoms with Crippen LogP contribution in [0.15, 0.2) is 42.5 Å². The summed E-state index contributed by atoms with van der Waals surface area (Å²) in [5, 5.41) is 0. The minimum absolute atomic E-state index is 0.0830. The number of amides is 1. The minimum atomic E-state index is 0.0830. The van der Waals surface area contributed by atoms with Crippen LogP contribution in [0.2, 0.25) is 0 Å². The van der Waals surface area contributed by atoms with Crippen LogP contribution in [0.4, 0.5) is 5.69 Å². The van der Waals surface area contributed by atoms with Gasteiger partial charge in [-0.1, -0.05) is 24.3 Å². The van der Waals surface area contributed by atoms with Gasteiger partial charge in [0.1, 0.15) is 18.1 Å². The standard InChI is InChI=1S/C22H23NO4/c24-19-9-3-7-17-16(19)6-4-11-20(17)26-14-5-12-22(25)23-13-15-27-21-10-2-1-8-18(21)23/h1-2,4,6,8,10-11H,3,5,7,9,12-15H2. The summed E-state index contributed by atoms with van der Waals surface area (Å²) in [6.07, 6.45) is 3.42. The topological polar surface area (TPSA) is 55.8 Å². The number of carbonyl (C=O) groups excluding carboxylic acids is 2. The molecule has 0 bridgehead atoms. The van der Waals surface area contributed by atoms with E-state index in [0.29, 0.717) is 39.0 Å². The molecule has 0 spiro atoms.